The van der Waals surface area contributed by atoms with Crippen LogP contribution in [0.4, 0.5) is 0 Å². The monoisotopic (exact) mass is 261 g/mol. The molecule has 1 aromatic rings. The standard InChI is InChI=1S/C14H15NO4/c16-13-6-11(14(17)18)8-15(13)7-9-1-2-12-10(5-9)3-4-19-12/h1-2,5,11H,3-4,6-8H2,(H,17,18). The fourth-order valence-electron chi connectivity index (χ4n) is 2.65. The Labute approximate surface area is 110 Å². The predicted molar refractivity (Wildman–Crippen MR) is 66.8 cm³/mol. The van der Waals surface area contributed by atoms with Gasteiger partial charge in [-0.1, -0.05) is 12.1 Å². The van der Waals surface area contributed by atoms with Gasteiger partial charge in [-0.2, -0.15) is 0 Å². The molecule has 0 saturated carbocycles. The molecule has 1 amide bonds. The maximum Gasteiger partial charge on any atom is 0.308 e. The van der Waals surface area contributed by atoms with E-state index in [1.807, 2.05) is 18.2 Å². The summed E-state index contributed by atoms with van der Waals surface area (Å²) in [5.74, 6) is -0.618. The summed E-state index contributed by atoms with van der Waals surface area (Å²) in [7, 11) is 0. The number of hydrogen-bond acceptors (Lipinski definition) is 3. The molecule has 1 saturated heterocycles. The second-order valence-electron chi connectivity index (χ2n) is 5.05. The summed E-state index contributed by atoms with van der Waals surface area (Å²) in [5.41, 5.74) is 2.20. The highest BCUT2D eigenvalue weighted by atomic mass is 16.5. The third kappa shape index (κ3) is 2.28. The van der Waals surface area contributed by atoms with Crippen LogP contribution in [-0.4, -0.2) is 35.0 Å². The van der Waals surface area contributed by atoms with Crippen LogP contribution in [0.25, 0.3) is 0 Å². The van der Waals surface area contributed by atoms with Crippen LogP contribution in [0.3, 0.4) is 0 Å². The van der Waals surface area contributed by atoms with Gasteiger partial charge in [0.2, 0.25) is 5.91 Å². The van der Waals surface area contributed by atoms with Crippen LogP contribution in [0, 0.1) is 5.92 Å². The number of ether oxygens (including phenoxy) is 1. The van der Waals surface area contributed by atoms with Crippen molar-refractivity contribution >= 4 is 11.9 Å². The van der Waals surface area contributed by atoms with Gasteiger partial charge < -0.3 is 14.7 Å². The van der Waals surface area contributed by atoms with Crippen LogP contribution in [0.1, 0.15) is 17.5 Å². The van der Waals surface area contributed by atoms with Gasteiger partial charge in [0.1, 0.15) is 5.75 Å². The van der Waals surface area contributed by atoms with Crippen LogP contribution in [0.2, 0.25) is 0 Å². The summed E-state index contributed by atoms with van der Waals surface area (Å²) in [4.78, 5) is 24.3. The first-order valence-corrected chi connectivity index (χ1v) is 6.38. The minimum atomic E-state index is -0.891. The van der Waals surface area contributed by atoms with Crippen molar-refractivity contribution < 1.29 is 19.4 Å². The Morgan fingerprint density at radius 3 is 3.05 bits per heavy atom. The number of carboxylic acids is 1. The fourth-order valence-corrected chi connectivity index (χ4v) is 2.65. The first-order valence-electron chi connectivity index (χ1n) is 6.38. The van der Waals surface area contributed by atoms with Crippen LogP contribution in [-0.2, 0) is 22.6 Å². The number of amides is 1. The van der Waals surface area contributed by atoms with Crippen molar-refractivity contribution in [2.45, 2.75) is 19.4 Å². The Morgan fingerprint density at radius 2 is 2.32 bits per heavy atom. The first-order chi connectivity index (χ1) is 9.13. The molecule has 3 rings (SSSR count). The van der Waals surface area contributed by atoms with E-state index in [4.69, 9.17) is 9.84 Å². The lowest BCUT2D eigenvalue weighted by atomic mass is 10.1. The molecule has 19 heavy (non-hydrogen) atoms. The summed E-state index contributed by atoms with van der Waals surface area (Å²) >= 11 is 0. The van der Waals surface area contributed by atoms with Gasteiger partial charge in [0, 0.05) is 25.9 Å². The molecular formula is C14H15NO4. The number of carboxylic acid groups (broad SMARTS) is 1. The third-order valence-corrected chi connectivity index (χ3v) is 3.69. The summed E-state index contributed by atoms with van der Waals surface area (Å²) in [6.45, 7) is 1.50. The molecule has 0 spiro atoms. The summed E-state index contributed by atoms with van der Waals surface area (Å²) in [5, 5.41) is 8.95. The molecule has 2 aliphatic heterocycles. The molecule has 5 heteroatoms. The van der Waals surface area contributed by atoms with Crippen LogP contribution in [0.15, 0.2) is 18.2 Å². The van der Waals surface area contributed by atoms with Gasteiger partial charge in [-0.25, -0.2) is 0 Å². The Kier molecular flexibility index (Phi) is 2.89. The van der Waals surface area contributed by atoms with E-state index in [2.05, 4.69) is 0 Å². The molecule has 1 fully saturated rings. The highest BCUT2D eigenvalue weighted by Gasteiger charge is 2.34. The van der Waals surface area contributed by atoms with Crippen LogP contribution in [0.5, 0.6) is 5.75 Å². The Hall–Kier alpha value is -2.04. The smallest absolute Gasteiger partial charge is 0.308 e. The molecule has 1 atom stereocenters. The number of carbonyl (C=O) groups excluding carboxylic acids is 1. The molecule has 1 aromatic carbocycles. The number of aliphatic carboxylic acids is 1. The van der Waals surface area contributed by atoms with Gasteiger partial charge in [0.05, 0.1) is 12.5 Å². The maximum atomic E-state index is 11.8. The topological polar surface area (TPSA) is 66.8 Å². The number of hydrogen-bond donors (Lipinski definition) is 1. The third-order valence-electron chi connectivity index (χ3n) is 3.69. The van der Waals surface area contributed by atoms with Crippen molar-refractivity contribution in [1.82, 2.24) is 4.90 Å². The minimum Gasteiger partial charge on any atom is -0.493 e. The highest BCUT2D eigenvalue weighted by molar-refractivity contribution is 5.86. The summed E-state index contributed by atoms with van der Waals surface area (Å²) < 4.78 is 5.43. The van der Waals surface area contributed by atoms with Crippen molar-refractivity contribution in [3.63, 3.8) is 0 Å². The molecular weight excluding hydrogens is 246 g/mol. The van der Waals surface area contributed by atoms with Gasteiger partial charge in [0.15, 0.2) is 0 Å². The first kappa shape index (κ1) is 12.0. The molecule has 0 radical (unpaired) electrons. The maximum absolute atomic E-state index is 11.8. The SMILES string of the molecule is O=C(O)C1CC(=O)N(Cc2ccc3c(c2)CCO3)C1. The van der Waals surface area contributed by atoms with E-state index in [1.165, 1.54) is 5.56 Å². The number of benzene rings is 1. The molecule has 2 aliphatic rings. The van der Waals surface area contributed by atoms with Crippen molar-refractivity contribution in [3.8, 4) is 5.75 Å². The minimum absolute atomic E-state index is 0.0795. The zero-order valence-corrected chi connectivity index (χ0v) is 10.5. The Morgan fingerprint density at radius 1 is 1.47 bits per heavy atom. The van der Waals surface area contributed by atoms with Gasteiger partial charge in [-0.15, -0.1) is 0 Å². The number of likely N-dealkylation sites (tertiary alicyclic amines) is 1. The highest BCUT2D eigenvalue weighted by Crippen LogP contribution is 2.27. The average molecular weight is 261 g/mol. The van der Waals surface area contributed by atoms with E-state index in [0.29, 0.717) is 19.7 Å². The van der Waals surface area contributed by atoms with Gasteiger partial charge in [-0.05, 0) is 17.2 Å². The van der Waals surface area contributed by atoms with E-state index >= 15 is 0 Å². The van der Waals surface area contributed by atoms with E-state index < -0.39 is 11.9 Å². The van der Waals surface area contributed by atoms with Crippen molar-refractivity contribution in [1.29, 1.82) is 0 Å². The molecule has 2 heterocycles. The van der Waals surface area contributed by atoms with Crippen molar-refractivity contribution in [2.24, 2.45) is 5.92 Å². The quantitative estimate of drug-likeness (QED) is 0.883. The predicted octanol–water partition coefficient (Wildman–Crippen LogP) is 1.05. The summed E-state index contributed by atoms with van der Waals surface area (Å²) in [6.07, 6.45) is 1.01. The van der Waals surface area contributed by atoms with Crippen LogP contribution < -0.4 is 4.74 Å². The lowest BCUT2D eigenvalue weighted by Gasteiger charge is -2.16. The van der Waals surface area contributed by atoms with Crippen molar-refractivity contribution in [3.05, 3.63) is 29.3 Å². The summed E-state index contributed by atoms with van der Waals surface area (Å²) in [6, 6.07) is 5.90. The van der Waals surface area contributed by atoms with Crippen molar-refractivity contribution in [2.75, 3.05) is 13.2 Å². The number of nitrogens with zero attached hydrogens (tertiary/aromatic N) is 1. The molecule has 1 unspecified atom stereocenters. The zero-order valence-electron chi connectivity index (χ0n) is 10.5. The Bertz CT molecular complexity index is 540. The zero-order chi connectivity index (χ0) is 13.4. The van der Waals surface area contributed by atoms with Gasteiger partial charge in [0.25, 0.3) is 0 Å². The van der Waals surface area contributed by atoms with Crippen LogP contribution >= 0.6 is 0 Å². The second-order valence-corrected chi connectivity index (χ2v) is 5.05. The van der Waals surface area contributed by atoms with E-state index in [-0.39, 0.29) is 12.3 Å². The van der Waals surface area contributed by atoms with E-state index in [1.54, 1.807) is 4.90 Å². The number of carbonyl (C=O) groups is 2. The number of fused-ring (bicyclic) bond motifs is 1. The lowest BCUT2D eigenvalue weighted by Crippen LogP contribution is -2.25. The van der Waals surface area contributed by atoms with Gasteiger partial charge in [-0.3, -0.25) is 9.59 Å². The number of rotatable bonds is 3. The normalized spacial score (nSPS) is 21.4. The molecule has 1 N–H and O–H groups in total. The fraction of sp³-hybridized carbons (Fsp3) is 0.429. The molecule has 0 bridgehead atoms. The van der Waals surface area contributed by atoms with E-state index in [0.717, 1.165) is 17.7 Å². The Balaban J connectivity index is 1.72. The molecule has 0 aliphatic carbocycles. The average Bonchev–Trinajstić information content (AvgIpc) is 2.96. The van der Waals surface area contributed by atoms with Gasteiger partial charge >= 0.3 is 5.97 Å². The second kappa shape index (κ2) is 4.57. The van der Waals surface area contributed by atoms with E-state index in [9.17, 15) is 9.59 Å². The molecule has 0 aromatic heterocycles. The molecule has 5 nitrogen and oxygen atoms in total. The largest absolute Gasteiger partial charge is 0.493 e. The molecule has 100 valence electrons. The lowest BCUT2D eigenvalue weighted by molar-refractivity contribution is -0.141.